The molecule has 0 radical (unpaired) electrons. The second-order valence-electron chi connectivity index (χ2n) is 10.4. The van der Waals surface area contributed by atoms with Crippen LogP contribution in [0.3, 0.4) is 0 Å². The molecular formula is C26H37NO2. The molecule has 3 fully saturated rings. The topological polar surface area (TPSA) is 31.4 Å². The first-order chi connectivity index (χ1) is 14.1. The number of fused-ring (bicyclic) bond motifs is 5. The molecule has 0 unspecified atom stereocenters. The van der Waals surface area contributed by atoms with Crippen molar-refractivity contribution in [1.82, 2.24) is 4.98 Å². The third kappa shape index (κ3) is 3.07. The first-order valence-electron chi connectivity index (χ1n) is 12.0. The Hall–Kier alpha value is -1.35. The Morgan fingerprint density at radius 2 is 2.00 bits per heavy atom. The smallest absolute Gasteiger partial charge is 0.138 e. The average molecular weight is 396 g/mol. The minimum absolute atomic E-state index is 0.277. The van der Waals surface area contributed by atoms with Crippen LogP contribution in [0.25, 0.3) is 5.57 Å². The monoisotopic (exact) mass is 395 g/mol. The Bertz CT molecular complexity index is 789. The van der Waals surface area contributed by atoms with E-state index in [0.717, 1.165) is 30.1 Å². The zero-order valence-corrected chi connectivity index (χ0v) is 18.5. The van der Waals surface area contributed by atoms with E-state index < -0.39 is 0 Å². The molecule has 4 aliphatic rings. The van der Waals surface area contributed by atoms with Gasteiger partial charge >= 0.3 is 0 Å². The number of allylic oxidation sites excluding steroid dienone is 2. The summed E-state index contributed by atoms with van der Waals surface area (Å²) in [6.07, 6.45) is 17.4. The minimum Gasteiger partial charge on any atom is -0.492 e. The van der Waals surface area contributed by atoms with Crippen LogP contribution >= 0.6 is 0 Å². The lowest BCUT2D eigenvalue weighted by Gasteiger charge is -2.55. The van der Waals surface area contributed by atoms with Gasteiger partial charge in [0.15, 0.2) is 0 Å². The van der Waals surface area contributed by atoms with E-state index in [9.17, 15) is 0 Å². The summed E-state index contributed by atoms with van der Waals surface area (Å²) in [7, 11) is 0. The van der Waals surface area contributed by atoms with Crippen molar-refractivity contribution >= 4 is 5.57 Å². The van der Waals surface area contributed by atoms with Crippen LogP contribution < -0.4 is 4.74 Å². The first-order valence-corrected chi connectivity index (χ1v) is 12.0. The molecule has 5 rings (SSSR count). The summed E-state index contributed by atoms with van der Waals surface area (Å²) in [5.74, 6) is 3.33. The number of aromatic nitrogens is 1. The normalized spacial score (nSPS) is 41.6. The van der Waals surface area contributed by atoms with Gasteiger partial charge in [0.05, 0.1) is 18.9 Å². The molecule has 1 aliphatic heterocycles. The lowest BCUT2D eigenvalue weighted by Crippen LogP contribution is -2.50. The van der Waals surface area contributed by atoms with Gasteiger partial charge in [0.2, 0.25) is 0 Å². The molecule has 0 amide bonds. The molecule has 1 saturated heterocycles. The molecule has 0 bridgehead atoms. The van der Waals surface area contributed by atoms with Crippen LogP contribution in [0.5, 0.6) is 5.75 Å². The highest BCUT2D eigenvalue weighted by Crippen LogP contribution is 2.65. The SMILES string of the molecule is CCOc1cncc(C2=CC[C@H]3[C@H]4CCC[C@@H]5OCCC[C@]5(C)[C@H]4CC[C@]23C)c1. The number of nitrogens with zero attached hydrogens (tertiary/aromatic N) is 1. The summed E-state index contributed by atoms with van der Waals surface area (Å²) >= 11 is 0. The van der Waals surface area contributed by atoms with Crippen molar-refractivity contribution in [3.63, 3.8) is 0 Å². The maximum atomic E-state index is 6.34. The molecule has 0 aromatic carbocycles. The Kier molecular flexibility index (Phi) is 5.01. The van der Waals surface area contributed by atoms with Gasteiger partial charge in [0.25, 0.3) is 0 Å². The molecule has 1 aromatic heterocycles. The van der Waals surface area contributed by atoms with Gasteiger partial charge in [-0.05, 0) is 97.7 Å². The summed E-state index contributed by atoms with van der Waals surface area (Å²) in [6.45, 7) is 8.82. The first kappa shape index (κ1) is 19.6. The van der Waals surface area contributed by atoms with E-state index in [2.05, 4.69) is 31.0 Å². The Morgan fingerprint density at radius 1 is 1.10 bits per heavy atom. The molecule has 158 valence electrons. The van der Waals surface area contributed by atoms with E-state index in [-0.39, 0.29) is 5.41 Å². The van der Waals surface area contributed by atoms with Crippen LogP contribution in [-0.4, -0.2) is 24.3 Å². The molecule has 3 aliphatic carbocycles. The average Bonchev–Trinajstić information content (AvgIpc) is 2.99. The van der Waals surface area contributed by atoms with Crippen molar-refractivity contribution in [3.05, 3.63) is 30.1 Å². The molecule has 3 heteroatoms. The van der Waals surface area contributed by atoms with E-state index in [4.69, 9.17) is 9.47 Å². The van der Waals surface area contributed by atoms with E-state index in [1.807, 2.05) is 19.3 Å². The number of rotatable bonds is 3. The van der Waals surface area contributed by atoms with Gasteiger partial charge in [-0.1, -0.05) is 26.3 Å². The van der Waals surface area contributed by atoms with Crippen molar-refractivity contribution in [2.45, 2.75) is 78.2 Å². The summed E-state index contributed by atoms with van der Waals surface area (Å²) in [5.41, 5.74) is 3.47. The van der Waals surface area contributed by atoms with Gasteiger partial charge in [-0.3, -0.25) is 4.98 Å². The highest BCUT2D eigenvalue weighted by Gasteiger charge is 2.57. The quantitative estimate of drug-likeness (QED) is 0.603. The third-order valence-corrected chi connectivity index (χ3v) is 9.12. The fraction of sp³-hybridized carbons (Fsp3) is 0.731. The number of hydrogen-bond acceptors (Lipinski definition) is 3. The number of ether oxygens (including phenoxy) is 2. The predicted octanol–water partition coefficient (Wildman–Crippen LogP) is 6.29. The zero-order valence-electron chi connectivity index (χ0n) is 18.5. The van der Waals surface area contributed by atoms with Gasteiger partial charge in [-0.15, -0.1) is 0 Å². The number of pyridine rings is 1. The fourth-order valence-corrected chi connectivity index (χ4v) is 7.74. The lowest BCUT2D eigenvalue weighted by molar-refractivity contribution is -0.127. The maximum Gasteiger partial charge on any atom is 0.138 e. The Labute approximate surface area is 176 Å². The summed E-state index contributed by atoms with van der Waals surface area (Å²) < 4.78 is 12.1. The van der Waals surface area contributed by atoms with Crippen LogP contribution in [0, 0.1) is 28.6 Å². The largest absolute Gasteiger partial charge is 0.492 e. The number of hydrogen-bond donors (Lipinski definition) is 0. The maximum absolute atomic E-state index is 6.34. The zero-order chi connectivity index (χ0) is 20.1. The second-order valence-corrected chi connectivity index (χ2v) is 10.4. The Morgan fingerprint density at radius 3 is 2.86 bits per heavy atom. The van der Waals surface area contributed by atoms with Crippen molar-refractivity contribution in [1.29, 1.82) is 0 Å². The summed E-state index contributed by atoms with van der Waals surface area (Å²) in [4.78, 5) is 4.50. The van der Waals surface area contributed by atoms with E-state index >= 15 is 0 Å². The van der Waals surface area contributed by atoms with Crippen molar-refractivity contribution < 1.29 is 9.47 Å². The second kappa shape index (κ2) is 7.41. The molecule has 3 nitrogen and oxygen atoms in total. The minimum atomic E-state index is 0.277. The molecule has 29 heavy (non-hydrogen) atoms. The van der Waals surface area contributed by atoms with Crippen LogP contribution in [-0.2, 0) is 4.74 Å². The lowest BCUT2D eigenvalue weighted by atomic mass is 9.51. The molecule has 6 atom stereocenters. The third-order valence-electron chi connectivity index (χ3n) is 9.12. The highest BCUT2D eigenvalue weighted by atomic mass is 16.5. The van der Waals surface area contributed by atoms with E-state index in [0.29, 0.717) is 18.1 Å². The van der Waals surface area contributed by atoms with Gasteiger partial charge in [-0.2, -0.15) is 0 Å². The van der Waals surface area contributed by atoms with E-state index in [1.165, 1.54) is 62.5 Å². The molecule has 2 saturated carbocycles. The van der Waals surface area contributed by atoms with Crippen molar-refractivity contribution in [2.24, 2.45) is 28.6 Å². The van der Waals surface area contributed by atoms with E-state index in [1.54, 1.807) is 0 Å². The molecular weight excluding hydrogens is 358 g/mol. The van der Waals surface area contributed by atoms with Gasteiger partial charge in [0.1, 0.15) is 5.75 Å². The Balaban J connectivity index is 1.45. The summed E-state index contributed by atoms with van der Waals surface area (Å²) in [5, 5.41) is 0. The van der Waals surface area contributed by atoms with Crippen molar-refractivity contribution in [2.75, 3.05) is 13.2 Å². The standard InChI is InChI=1S/C26H37NO2/c1-4-28-19-15-18(16-27-17-19)21-9-10-22-20-7-5-8-24-26(3,12-6-14-29-24)23(20)11-13-25(21,22)2/h9,15-17,20,22-24H,4-8,10-14H2,1-3H3/t20-,22+,23+,24+,25-,26-/m1/s1. The van der Waals surface area contributed by atoms with Crippen LogP contribution in [0.1, 0.15) is 77.7 Å². The van der Waals surface area contributed by atoms with Crippen LogP contribution in [0.15, 0.2) is 24.5 Å². The molecule has 2 heterocycles. The van der Waals surface area contributed by atoms with Gasteiger partial charge in [-0.25, -0.2) is 0 Å². The summed E-state index contributed by atoms with van der Waals surface area (Å²) in [6, 6.07) is 2.21. The van der Waals surface area contributed by atoms with Gasteiger partial charge in [0, 0.05) is 12.8 Å². The molecule has 0 spiro atoms. The fourth-order valence-electron chi connectivity index (χ4n) is 7.74. The van der Waals surface area contributed by atoms with Crippen LogP contribution in [0.2, 0.25) is 0 Å². The predicted molar refractivity (Wildman–Crippen MR) is 117 cm³/mol. The van der Waals surface area contributed by atoms with Crippen molar-refractivity contribution in [3.8, 4) is 5.75 Å². The highest BCUT2D eigenvalue weighted by molar-refractivity contribution is 5.73. The molecule has 1 aromatic rings. The molecule has 0 N–H and O–H groups in total. The van der Waals surface area contributed by atoms with Crippen LogP contribution in [0.4, 0.5) is 0 Å². The van der Waals surface area contributed by atoms with Gasteiger partial charge < -0.3 is 9.47 Å².